The van der Waals surface area contributed by atoms with E-state index in [1.165, 1.54) is 90.0 Å². The number of nitrogens with zero attached hydrogens (tertiary/aromatic N) is 2. The summed E-state index contributed by atoms with van der Waals surface area (Å²) in [7, 11) is 0. The molecule has 1 rings (SSSR count). The molecule has 0 aromatic rings. The summed E-state index contributed by atoms with van der Waals surface area (Å²) >= 11 is 0. The minimum Gasteiger partial charge on any atom is -0.301 e. The molecule has 0 radical (unpaired) electrons. The first kappa shape index (κ1) is 23.2. The highest BCUT2D eigenvalue weighted by Crippen LogP contribution is 2.12. The maximum atomic E-state index is 5.78. The Morgan fingerprint density at radius 3 is 1.43 bits per heavy atom. The number of piperazine rings is 1. The second-order valence-electron chi connectivity index (χ2n) is 7.12. The van der Waals surface area contributed by atoms with Gasteiger partial charge in [0.1, 0.15) is 0 Å². The van der Waals surface area contributed by atoms with Crippen molar-refractivity contribution >= 4 is 12.4 Å². The molecule has 1 aliphatic heterocycles. The largest absolute Gasteiger partial charge is 0.301 e. The van der Waals surface area contributed by atoms with E-state index in [0.29, 0.717) is 0 Å². The highest BCUT2D eigenvalue weighted by Gasteiger charge is 2.12. The molecule has 1 fully saturated rings. The zero-order valence-electron chi connectivity index (χ0n) is 15.6. The summed E-state index contributed by atoms with van der Waals surface area (Å²) < 4.78 is 0. The van der Waals surface area contributed by atoms with Gasteiger partial charge >= 0.3 is 0 Å². The number of hydrazine groups is 1. The van der Waals surface area contributed by atoms with Crippen LogP contribution in [0.5, 0.6) is 0 Å². The van der Waals surface area contributed by atoms with Crippen molar-refractivity contribution in [3.8, 4) is 0 Å². The average molecular weight is 348 g/mol. The van der Waals surface area contributed by atoms with Gasteiger partial charge in [-0.1, -0.05) is 84.0 Å². The third kappa shape index (κ3) is 14.2. The van der Waals surface area contributed by atoms with Crippen LogP contribution >= 0.6 is 12.4 Å². The van der Waals surface area contributed by atoms with E-state index in [0.717, 1.165) is 26.2 Å². The number of halogens is 1. The van der Waals surface area contributed by atoms with E-state index in [-0.39, 0.29) is 12.4 Å². The van der Waals surface area contributed by atoms with E-state index in [1.807, 2.05) is 5.01 Å². The van der Waals surface area contributed by atoms with E-state index < -0.39 is 0 Å². The lowest BCUT2D eigenvalue weighted by molar-refractivity contribution is 0.132. The number of rotatable bonds is 14. The molecule has 0 unspecified atom stereocenters. The zero-order chi connectivity index (χ0) is 15.9. The van der Waals surface area contributed by atoms with Crippen LogP contribution in [0.15, 0.2) is 0 Å². The molecule has 1 saturated heterocycles. The van der Waals surface area contributed by atoms with Crippen LogP contribution in [0.25, 0.3) is 0 Å². The van der Waals surface area contributed by atoms with Crippen LogP contribution < -0.4 is 5.84 Å². The monoisotopic (exact) mass is 347 g/mol. The summed E-state index contributed by atoms with van der Waals surface area (Å²) in [6.45, 7) is 7.98. The number of hydrogen-bond acceptors (Lipinski definition) is 3. The van der Waals surface area contributed by atoms with Gasteiger partial charge in [0, 0.05) is 26.2 Å². The summed E-state index contributed by atoms with van der Waals surface area (Å²) in [6, 6.07) is 0. The van der Waals surface area contributed by atoms with Gasteiger partial charge in [0.05, 0.1) is 0 Å². The quantitative estimate of drug-likeness (QED) is 0.355. The van der Waals surface area contributed by atoms with Crippen LogP contribution in [0, 0.1) is 0 Å². The van der Waals surface area contributed by atoms with Crippen LogP contribution in [0.3, 0.4) is 0 Å². The molecule has 2 N–H and O–H groups in total. The Morgan fingerprint density at radius 2 is 1.00 bits per heavy atom. The Balaban J connectivity index is 0.00000484. The van der Waals surface area contributed by atoms with Crippen LogP contribution in [0.4, 0.5) is 0 Å². The van der Waals surface area contributed by atoms with E-state index in [2.05, 4.69) is 11.8 Å². The molecule has 0 bridgehead atoms. The van der Waals surface area contributed by atoms with Crippen molar-refractivity contribution in [2.45, 2.75) is 90.4 Å². The molecule has 140 valence electrons. The second kappa shape index (κ2) is 17.0. The van der Waals surface area contributed by atoms with Gasteiger partial charge < -0.3 is 4.90 Å². The lowest BCUT2D eigenvalue weighted by Crippen LogP contribution is -2.49. The minimum atomic E-state index is 0. The van der Waals surface area contributed by atoms with Gasteiger partial charge in [-0.3, -0.25) is 5.84 Å². The summed E-state index contributed by atoms with van der Waals surface area (Å²) in [6.07, 6.45) is 18.7. The summed E-state index contributed by atoms with van der Waals surface area (Å²) in [5.41, 5.74) is 0. The summed E-state index contributed by atoms with van der Waals surface area (Å²) in [4.78, 5) is 2.57. The van der Waals surface area contributed by atoms with Crippen LogP contribution in [0.2, 0.25) is 0 Å². The SMILES string of the molecule is CCCCCCCCCCCCCCCN1CCN(N)CC1.Cl. The van der Waals surface area contributed by atoms with Crippen molar-refractivity contribution in [3.05, 3.63) is 0 Å². The first-order valence-electron chi connectivity index (χ1n) is 10.0. The van der Waals surface area contributed by atoms with Crippen molar-refractivity contribution in [1.82, 2.24) is 9.91 Å². The number of unbranched alkanes of at least 4 members (excludes halogenated alkanes) is 12. The lowest BCUT2D eigenvalue weighted by Gasteiger charge is -2.31. The number of hydrogen-bond donors (Lipinski definition) is 1. The molecule has 0 amide bonds. The predicted octanol–water partition coefficient (Wildman–Crippen LogP) is 4.99. The van der Waals surface area contributed by atoms with Crippen molar-refractivity contribution in [1.29, 1.82) is 0 Å². The molecule has 3 nitrogen and oxygen atoms in total. The standard InChI is InChI=1S/C19H41N3.ClH/c1-2-3-4-5-6-7-8-9-10-11-12-13-14-15-21-16-18-22(20)19-17-21;/h2-20H2,1H3;1H. The summed E-state index contributed by atoms with van der Waals surface area (Å²) in [5.74, 6) is 5.78. The Bertz CT molecular complexity index is 231. The molecule has 0 aromatic carbocycles. The maximum absolute atomic E-state index is 5.78. The molecule has 1 heterocycles. The molecule has 0 aromatic heterocycles. The van der Waals surface area contributed by atoms with Crippen molar-refractivity contribution < 1.29 is 0 Å². The Labute approximate surface area is 151 Å². The minimum absolute atomic E-state index is 0. The van der Waals surface area contributed by atoms with Crippen LogP contribution in [-0.4, -0.2) is 42.6 Å². The average Bonchev–Trinajstić information content (AvgIpc) is 2.53. The van der Waals surface area contributed by atoms with Crippen molar-refractivity contribution in [2.24, 2.45) is 5.84 Å². The lowest BCUT2D eigenvalue weighted by atomic mass is 10.0. The van der Waals surface area contributed by atoms with Gasteiger partial charge in [0.2, 0.25) is 0 Å². The first-order chi connectivity index (χ1) is 10.8. The van der Waals surface area contributed by atoms with E-state index in [9.17, 15) is 0 Å². The molecular weight excluding hydrogens is 306 g/mol. The number of nitrogens with two attached hydrogens (primary N) is 1. The van der Waals surface area contributed by atoms with Gasteiger partial charge in [-0.15, -0.1) is 12.4 Å². The van der Waals surface area contributed by atoms with Gasteiger partial charge in [0.15, 0.2) is 0 Å². The van der Waals surface area contributed by atoms with Crippen LogP contribution in [-0.2, 0) is 0 Å². The first-order valence-corrected chi connectivity index (χ1v) is 10.0. The highest BCUT2D eigenvalue weighted by atomic mass is 35.5. The van der Waals surface area contributed by atoms with Crippen molar-refractivity contribution in [3.63, 3.8) is 0 Å². The van der Waals surface area contributed by atoms with Crippen molar-refractivity contribution in [2.75, 3.05) is 32.7 Å². The Kier molecular flexibility index (Phi) is 17.1. The molecule has 1 aliphatic rings. The summed E-state index contributed by atoms with van der Waals surface area (Å²) in [5, 5.41) is 1.94. The van der Waals surface area contributed by atoms with Gasteiger partial charge in [-0.05, 0) is 13.0 Å². The molecule has 4 heteroatoms. The fourth-order valence-electron chi connectivity index (χ4n) is 3.34. The fraction of sp³-hybridized carbons (Fsp3) is 1.00. The third-order valence-electron chi connectivity index (χ3n) is 4.98. The smallest absolute Gasteiger partial charge is 0.0257 e. The second-order valence-corrected chi connectivity index (χ2v) is 7.12. The third-order valence-corrected chi connectivity index (χ3v) is 4.98. The van der Waals surface area contributed by atoms with Gasteiger partial charge in [-0.2, -0.15) is 0 Å². The molecule has 0 saturated carbocycles. The molecule has 0 atom stereocenters. The van der Waals surface area contributed by atoms with E-state index in [1.54, 1.807) is 0 Å². The normalized spacial score (nSPS) is 16.4. The Hall–Kier alpha value is 0.170. The molecule has 23 heavy (non-hydrogen) atoms. The van der Waals surface area contributed by atoms with Gasteiger partial charge in [-0.25, -0.2) is 5.01 Å². The van der Waals surface area contributed by atoms with E-state index in [4.69, 9.17) is 5.84 Å². The topological polar surface area (TPSA) is 32.5 Å². The molecule has 0 spiro atoms. The predicted molar refractivity (Wildman–Crippen MR) is 105 cm³/mol. The Morgan fingerprint density at radius 1 is 0.609 bits per heavy atom. The van der Waals surface area contributed by atoms with Gasteiger partial charge in [0.25, 0.3) is 0 Å². The highest BCUT2D eigenvalue weighted by molar-refractivity contribution is 5.85. The zero-order valence-corrected chi connectivity index (χ0v) is 16.4. The van der Waals surface area contributed by atoms with Crippen LogP contribution in [0.1, 0.15) is 90.4 Å². The molecule has 0 aliphatic carbocycles. The maximum Gasteiger partial charge on any atom is 0.0257 e. The molecular formula is C19H42ClN3. The fourth-order valence-corrected chi connectivity index (χ4v) is 3.34. The van der Waals surface area contributed by atoms with E-state index >= 15 is 0 Å².